The molecule has 0 N–H and O–H groups in total. The summed E-state index contributed by atoms with van der Waals surface area (Å²) >= 11 is 0. The van der Waals surface area contributed by atoms with Gasteiger partial charge in [-0.2, -0.15) is 0 Å². The van der Waals surface area contributed by atoms with E-state index in [1.807, 2.05) is 30.3 Å². The van der Waals surface area contributed by atoms with Crippen molar-refractivity contribution in [3.8, 4) is 0 Å². The van der Waals surface area contributed by atoms with Gasteiger partial charge >= 0.3 is 0 Å². The van der Waals surface area contributed by atoms with Crippen LogP contribution in [0.2, 0.25) is 0 Å². The van der Waals surface area contributed by atoms with E-state index < -0.39 is 17.7 Å². The Hall–Kier alpha value is -2.81. The van der Waals surface area contributed by atoms with E-state index in [0.29, 0.717) is 11.1 Å². The number of nitrogens with zero attached hydrogens (tertiary/aromatic N) is 1. The minimum absolute atomic E-state index is 0.352. The highest BCUT2D eigenvalue weighted by Crippen LogP contribution is 2.29. The van der Waals surface area contributed by atoms with Gasteiger partial charge in [0.25, 0.3) is 0 Å². The van der Waals surface area contributed by atoms with Crippen LogP contribution >= 0.6 is 0 Å². The number of halogens is 2. The molecular weight excluding hydrogens is 292 g/mol. The topological polar surface area (TPSA) is 12.4 Å². The lowest BCUT2D eigenvalue weighted by Gasteiger charge is -2.15. The monoisotopic (exact) mass is 307 g/mol. The fourth-order valence-corrected chi connectivity index (χ4v) is 2.42. The first-order valence-electron chi connectivity index (χ1n) is 7.33. The van der Waals surface area contributed by atoms with Crippen LogP contribution in [0, 0.1) is 11.6 Å². The SMILES string of the molecule is Fc1ccccc1C(N=Cc1ccccc1)c1ccccc1F. The van der Waals surface area contributed by atoms with E-state index in [1.165, 1.54) is 12.1 Å². The summed E-state index contributed by atoms with van der Waals surface area (Å²) in [7, 11) is 0. The smallest absolute Gasteiger partial charge is 0.128 e. The predicted octanol–water partition coefficient (Wildman–Crippen LogP) is 5.17. The van der Waals surface area contributed by atoms with Gasteiger partial charge in [-0.1, -0.05) is 66.7 Å². The first-order chi connectivity index (χ1) is 11.3. The Bertz CT molecular complexity index is 767. The average molecular weight is 307 g/mol. The average Bonchev–Trinajstić information content (AvgIpc) is 2.59. The number of benzene rings is 3. The van der Waals surface area contributed by atoms with Gasteiger partial charge in [0, 0.05) is 17.3 Å². The molecule has 0 bridgehead atoms. The van der Waals surface area contributed by atoms with Gasteiger partial charge in [-0.05, 0) is 17.7 Å². The molecule has 0 aliphatic heterocycles. The molecule has 0 heterocycles. The number of hydrogen-bond acceptors (Lipinski definition) is 1. The van der Waals surface area contributed by atoms with Crippen molar-refractivity contribution in [2.24, 2.45) is 4.99 Å². The third-order valence-electron chi connectivity index (χ3n) is 3.57. The van der Waals surface area contributed by atoms with E-state index in [2.05, 4.69) is 4.99 Å². The van der Waals surface area contributed by atoms with Crippen molar-refractivity contribution in [3.63, 3.8) is 0 Å². The van der Waals surface area contributed by atoms with Crippen molar-refractivity contribution < 1.29 is 8.78 Å². The zero-order valence-electron chi connectivity index (χ0n) is 12.4. The number of aliphatic imine (C=N–C) groups is 1. The summed E-state index contributed by atoms with van der Waals surface area (Å²) in [6.07, 6.45) is 1.64. The fourth-order valence-electron chi connectivity index (χ4n) is 2.42. The van der Waals surface area contributed by atoms with E-state index in [-0.39, 0.29) is 0 Å². The molecule has 1 nitrogen and oxygen atoms in total. The maximum Gasteiger partial charge on any atom is 0.128 e. The van der Waals surface area contributed by atoms with Gasteiger partial charge in [0.15, 0.2) is 0 Å². The molecule has 0 saturated carbocycles. The minimum Gasteiger partial charge on any atom is -0.279 e. The zero-order chi connectivity index (χ0) is 16.1. The number of hydrogen-bond donors (Lipinski definition) is 0. The van der Waals surface area contributed by atoms with E-state index in [0.717, 1.165) is 5.56 Å². The van der Waals surface area contributed by atoms with Gasteiger partial charge in [0.1, 0.15) is 17.7 Å². The molecule has 3 aromatic carbocycles. The molecular formula is C20H15F2N. The Kier molecular flexibility index (Phi) is 4.57. The second kappa shape index (κ2) is 6.97. The van der Waals surface area contributed by atoms with Crippen LogP contribution in [0.3, 0.4) is 0 Å². The second-order valence-corrected chi connectivity index (χ2v) is 5.13. The van der Waals surface area contributed by atoms with Crippen molar-refractivity contribution in [3.05, 3.63) is 107 Å². The molecule has 0 fully saturated rings. The highest BCUT2D eigenvalue weighted by molar-refractivity contribution is 5.79. The second-order valence-electron chi connectivity index (χ2n) is 5.13. The lowest BCUT2D eigenvalue weighted by Crippen LogP contribution is -2.04. The summed E-state index contributed by atoms with van der Waals surface area (Å²) in [5, 5.41) is 0. The number of rotatable bonds is 4. The molecule has 0 saturated heterocycles. The molecule has 0 amide bonds. The van der Waals surface area contributed by atoms with Crippen LogP contribution in [0.15, 0.2) is 83.9 Å². The van der Waals surface area contributed by atoms with Gasteiger partial charge in [0.2, 0.25) is 0 Å². The molecule has 0 aliphatic rings. The summed E-state index contributed by atoms with van der Waals surface area (Å²) in [4.78, 5) is 4.45. The Labute approximate surface area is 134 Å². The third kappa shape index (κ3) is 3.51. The van der Waals surface area contributed by atoms with Crippen LogP contribution in [-0.2, 0) is 0 Å². The molecule has 0 unspecified atom stereocenters. The zero-order valence-corrected chi connectivity index (χ0v) is 12.4. The summed E-state index contributed by atoms with van der Waals surface area (Å²) in [6, 6.07) is 21.4. The van der Waals surface area contributed by atoms with Gasteiger partial charge in [-0.3, -0.25) is 4.99 Å². The van der Waals surface area contributed by atoms with E-state index in [4.69, 9.17) is 0 Å². The Morgan fingerprint density at radius 3 is 1.65 bits per heavy atom. The van der Waals surface area contributed by atoms with Crippen LogP contribution in [-0.4, -0.2) is 6.21 Å². The molecule has 0 radical (unpaired) electrons. The first kappa shape index (κ1) is 15.1. The minimum atomic E-state index is -0.724. The lowest BCUT2D eigenvalue weighted by atomic mass is 9.98. The predicted molar refractivity (Wildman–Crippen MR) is 88.7 cm³/mol. The van der Waals surface area contributed by atoms with Gasteiger partial charge in [-0.15, -0.1) is 0 Å². The van der Waals surface area contributed by atoms with Crippen LogP contribution in [0.25, 0.3) is 0 Å². The molecule has 0 atom stereocenters. The van der Waals surface area contributed by atoms with Crippen molar-refractivity contribution in [2.45, 2.75) is 6.04 Å². The molecule has 0 spiro atoms. The molecule has 3 heteroatoms. The molecule has 23 heavy (non-hydrogen) atoms. The molecule has 114 valence electrons. The van der Waals surface area contributed by atoms with E-state index in [9.17, 15) is 8.78 Å². The van der Waals surface area contributed by atoms with E-state index >= 15 is 0 Å². The highest BCUT2D eigenvalue weighted by Gasteiger charge is 2.19. The maximum atomic E-state index is 14.2. The first-order valence-corrected chi connectivity index (χ1v) is 7.33. The van der Waals surface area contributed by atoms with Crippen molar-refractivity contribution in [1.29, 1.82) is 0 Å². The summed E-state index contributed by atoms with van der Waals surface area (Å²) in [5.74, 6) is -0.795. The normalized spacial score (nSPS) is 11.3. The Morgan fingerprint density at radius 2 is 1.13 bits per heavy atom. The summed E-state index contributed by atoms with van der Waals surface area (Å²) in [6.45, 7) is 0. The third-order valence-corrected chi connectivity index (χ3v) is 3.57. The highest BCUT2D eigenvalue weighted by atomic mass is 19.1. The summed E-state index contributed by atoms with van der Waals surface area (Å²) in [5.41, 5.74) is 1.58. The molecule has 0 aromatic heterocycles. The van der Waals surface area contributed by atoms with Crippen molar-refractivity contribution >= 4 is 6.21 Å². The Balaban J connectivity index is 2.06. The Morgan fingerprint density at radius 1 is 0.652 bits per heavy atom. The fraction of sp³-hybridized carbons (Fsp3) is 0.0500. The molecule has 3 aromatic rings. The van der Waals surface area contributed by atoms with E-state index in [1.54, 1.807) is 42.6 Å². The van der Waals surface area contributed by atoms with Crippen LogP contribution in [0.4, 0.5) is 8.78 Å². The van der Waals surface area contributed by atoms with Crippen molar-refractivity contribution in [2.75, 3.05) is 0 Å². The van der Waals surface area contributed by atoms with Gasteiger partial charge in [0.05, 0.1) is 0 Å². The van der Waals surface area contributed by atoms with Crippen molar-refractivity contribution in [1.82, 2.24) is 0 Å². The summed E-state index contributed by atoms with van der Waals surface area (Å²) < 4.78 is 28.4. The van der Waals surface area contributed by atoms with Crippen LogP contribution in [0.1, 0.15) is 22.7 Å². The standard InChI is InChI=1S/C20H15F2N/c21-18-12-6-4-10-16(18)20(17-11-5-7-13-19(17)22)23-14-15-8-2-1-3-9-15/h1-14,20H. The van der Waals surface area contributed by atoms with Crippen LogP contribution < -0.4 is 0 Å². The van der Waals surface area contributed by atoms with Gasteiger partial charge < -0.3 is 0 Å². The maximum absolute atomic E-state index is 14.2. The molecule has 0 aliphatic carbocycles. The van der Waals surface area contributed by atoms with Gasteiger partial charge in [-0.25, -0.2) is 8.78 Å². The molecule has 3 rings (SSSR count). The van der Waals surface area contributed by atoms with Crippen LogP contribution in [0.5, 0.6) is 0 Å². The lowest BCUT2D eigenvalue weighted by molar-refractivity contribution is 0.577. The largest absolute Gasteiger partial charge is 0.279 e. The quantitative estimate of drug-likeness (QED) is 0.589.